The van der Waals surface area contributed by atoms with Crippen molar-refractivity contribution < 1.29 is 19.0 Å². The van der Waals surface area contributed by atoms with Crippen LogP contribution >= 0.6 is 0 Å². The van der Waals surface area contributed by atoms with E-state index in [4.69, 9.17) is 19.0 Å². The Morgan fingerprint density at radius 1 is 1.11 bits per heavy atom. The summed E-state index contributed by atoms with van der Waals surface area (Å²) >= 11 is 0. The fourth-order valence-electron chi connectivity index (χ4n) is 1.36. The highest BCUT2D eigenvalue weighted by molar-refractivity contribution is 5.31. The van der Waals surface area contributed by atoms with Crippen LogP contribution in [0.1, 0.15) is 11.8 Å². The van der Waals surface area contributed by atoms with Gasteiger partial charge in [0, 0.05) is 6.42 Å². The van der Waals surface area contributed by atoms with Gasteiger partial charge in [0.2, 0.25) is 5.89 Å². The van der Waals surface area contributed by atoms with Gasteiger partial charge in [-0.25, -0.2) is 0 Å². The summed E-state index contributed by atoms with van der Waals surface area (Å²) in [4.78, 5) is 0. The van der Waals surface area contributed by atoms with Crippen LogP contribution in [0.25, 0.3) is 0 Å². The van der Waals surface area contributed by atoms with Gasteiger partial charge in [0.1, 0.15) is 11.5 Å². The predicted octanol–water partition coefficient (Wildman–Crippen LogP) is 1.19. The number of aliphatic hydroxyl groups is 1. The number of nitrogens with zero attached hydrogens (tertiary/aromatic N) is 2. The summed E-state index contributed by atoms with van der Waals surface area (Å²) in [6.45, 7) is 0.186. The maximum atomic E-state index is 8.72. The Kier molecular flexibility index (Phi) is 4.14. The third-order valence-corrected chi connectivity index (χ3v) is 2.26. The molecule has 0 aliphatic rings. The molecule has 1 N–H and O–H groups in total. The van der Waals surface area contributed by atoms with E-state index in [0.717, 1.165) is 5.75 Å². The van der Waals surface area contributed by atoms with E-state index in [-0.39, 0.29) is 13.2 Å². The maximum absolute atomic E-state index is 8.72. The lowest BCUT2D eigenvalue weighted by Gasteiger charge is -2.04. The van der Waals surface area contributed by atoms with Crippen LogP contribution in [-0.4, -0.2) is 29.0 Å². The molecule has 6 heteroatoms. The summed E-state index contributed by atoms with van der Waals surface area (Å²) in [5, 5.41) is 16.3. The van der Waals surface area contributed by atoms with Gasteiger partial charge in [-0.2, -0.15) is 0 Å². The van der Waals surface area contributed by atoms with Gasteiger partial charge in [0.05, 0.1) is 13.7 Å². The lowest BCUT2D eigenvalue weighted by Crippen LogP contribution is -1.95. The highest BCUT2D eigenvalue weighted by Gasteiger charge is 2.06. The quantitative estimate of drug-likeness (QED) is 0.829. The minimum atomic E-state index is -0.0129. The van der Waals surface area contributed by atoms with Gasteiger partial charge in [-0.05, 0) is 24.3 Å². The van der Waals surface area contributed by atoms with Crippen LogP contribution in [0.2, 0.25) is 0 Å². The Hall–Kier alpha value is -2.08. The first-order valence-electron chi connectivity index (χ1n) is 5.51. The molecule has 6 nitrogen and oxygen atoms in total. The number of hydrogen-bond donors (Lipinski definition) is 1. The summed E-state index contributed by atoms with van der Waals surface area (Å²) in [5.74, 6) is 2.25. The van der Waals surface area contributed by atoms with Crippen LogP contribution in [0.15, 0.2) is 28.7 Å². The SMILES string of the molecule is COc1ccc(OCc2nnc(CCO)o2)cc1. The fourth-order valence-corrected chi connectivity index (χ4v) is 1.36. The van der Waals surface area contributed by atoms with Crippen LogP contribution in [0.5, 0.6) is 11.5 Å². The van der Waals surface area contributed by atoms with Crippen molar-refractivity contribution in [3.63, 3.8) is 0 Å². The van der Waals surface area contributed by atoms with E-state index in [9.17, 15) is 0 Å². The van der Waals surface area contributed by atoms with E-state index in [0.29, 0.717) is 24.0 Å². The minimum Gasteiger partial charge on any atom is -0.497 e. The van der Waals surface area contributed by atoms with Crippen molar-refractivity contribution in [3.8, 4) is 11.5 Å². The first-order chi connectivity index (χ1) is 8.81. The van der Waals surface area contributed by atoms with Gasteiger partial charge in [-0.3, -0.25) is 0 Å². The van der Waals surface area contributed by atoms with Crippen molar-refractivity contribution in [2.75, 3.05) is 13.7 Å². The zero-order chi connectivity index (χ0) is 12.8. The standard InChI is InChI=1S/C12H14N2O4/c1-16-9-2-4-10(5-3-9)17-8-12-14-13-11(18-12)6-7-15/h2-5,15H,6-8H2,1H3. The molecule has 96 valence electrons. The average Bonchev–Trinajstić information content (AvgIpc) is 2.85. The van der Waals surface area contributed by atoms with Crippen LogP contribution in [0.3, 0.4) is 0 Å². The second-order valence-corrected chi connectivity index (χ2v) is 3.53. The molecule has 1 heterocycles. The molecule has 0 aliphatic heterocycles. The second kappa shape index (κ2) is 6.02. The van der Waals surface area contributed by atoms with Crippen molar-refractivity contribution in [2.45, 2.75) is 13.0 Å². The first kappa shape index (κ1) is 12.4. The van der Waals surface area contributed by atoms with Crippen molar-refractivity contribution >= 4 is 0 Å². The van der Waals surface area contributed by atoms with Gasteiger partial charge in [0.15, 0.2) is 6.61 Å². The zero-order valence-corrected chi connectivity index (χ0v) is 10.00. The van der Waals surface area contributed by atoms with Crippen molar-refractivity contribution in [2.24, 2.45) is 0 Å². The Bertz CT molecular complexity index is 481. The molecule has 0 saturated carbocycles. The molecule has 0 spiro atoms. The third-order valence-electron chi connectivity index (χ3n) is 2.26. The predicted molar refractivity (Wildman–Crippen MR) is 62.4 cm³/mol. The Morgan fingerprint density at radius 2 is 1.78 bits per heavy atom. The van der Waals surface area contributed by atoms with E-state index in [2.05, 4.69) is 10.2 Å². The monoisotopic (exact) mass is 250 g/mol. The van der Waals surface area contributed by atoms with Crippen LogP contribution in [-0.2, 0) is 13.0 Å². The summed E-state index contributed by atoms with van der Waals surface area (Å²) in [6, 6.07) is 7.20. The normalized spacial score (nSPS) is 10.3. The molecule has 18 heavy (non-hydrogen) atoms. The van der Waals surface area contributed by atoms with E-state index in [1.807, 2.05) is 0 Å². The maximum Gasteiger partial charge on any atom is 0.253 e. The molecule has 2 aromatic rings. The molecule has 0 fully saturated rings. The Balaban J connectivity index is 1.89. The largest absolute Gasteiger partial charge is 0.497 e. The number of methoxy groups -OCH3 is 1. The van der Waals surface area contributed by atoms with Gasteiger partial charge in [-0.1, -0.05) is 0 Å². The molecule has 0 amide bonds. The highest BCUT2D eigenvalue weighted by Crippen LogP contribution is 2.17. The number of hydrogen-bond acceptors (Lipinski definition) is 6. The number of ether oxygens (including phenoxy) is 2. The summed E-state index contributed by atoms with van der Waals surface area (Å²) < 4.78 is 15.8. The molecule has 0 saturated heterocycles. The van der Waals surface area contributed by atoms with Gasteiger partial charge in [0.25, 0.3) is 5.89 Å². The molecular weight excluding hydrogens is 236 g/mol. The van der Waals surface area contributed by atoms with Crippen LogP contribution in [0, 0.1) is 0 Å². The molecular formula is C12H14N2O4. The lowest BCUT2D eigenvalue weighted by molar-refractivity contribution is 0.249. The average molecular weight is 250 g/mol. The number of aromatic nitrogens is 2. The second-order valence-electron chi connectivity index (χ2n) is 3.53. The summed E-state index contributed by atoms with van der Waals surface area (Å²) in [6.07, 6.45) is 0.357. The van der Waals surface area contributed by atoms with E-state index < -0.39 is 0 Å². The summed E-state index contributed by atoms with van der Waals surface area (Å²) in [5.41, 5.74) is 0. The topological polar surface area (TPSA) is 77.6 Å². The third kappa shape index (κ3) is 3.21. The molecule has 0 atom stereocenters. The first-order valence-corrected chi connectivity index (χ1v) is 5.51. The Labute approximate surface area is 104 Å². The van der Waals surface area contributed by atoms with E-state index in [1.165, 1.54) is 0 Å². The lowest BCUT2D eigenvalue weighted by atomic mass is 10.3. The van der Waals surface area contributed by atoms with Gasteiger partial charge < -0.3 is 19.0 Å². The molecule has 1 aromatic heterocycles. The number of rotatable bonds is 6. The van der Waals surface area contributed by atoms with Crippen LogP contribution < -0.4 is 9.47 Å². The van der Waals surface area contributed by atoms with Crippen molar-refractivity contribution in [1.82, 2.24) is 10.2 Å². The number of benzene rings is 1. The molecule has 0 unspecified atom stereocenters. The molecule has 0 bridgehead atoms. The van der Waals surface area contributed by atoms with Gasteiger partial charge in [-0.15, -0.1) is 10.2 Å². The molecule has 1 aromatic carbocycles. The Morgan fingerprint density at radius 3 is 2.44 bits per heavy atom. The highest BCUT2D eigenvalue weighted by atomic mass is 16.5. The fraction of sp³-hybridized carbons (Fsp3) is 0.333. The van der Waals surface area contributed by atoms with E-state index >= 15 is 0 Å². The van der Waals surface area contributed by atoms with Crippen molar-refractivity contribution in [3.05, 3.63) is 36.0 Å². The van der Waals surface area contributed by atoms with Crippen molar-refractivity contribution in [1.29, 1.82) is 0 Å². The summed E-state index contributed by atoms with van der Waals surface area (Å²) in [7, 11) is 1.61. The molecule has 0 aliphatic carbocycles. The van der Waals surface area contributed by atoms with E-state index in [1.54, 1.807) is 31.4 Å². The zero-order valence-electron chi connectivity index (χ0n) is 10.00. The van der Waals surface area contributed by atoms with Gasteiger partial charge >= 0.3 is 0 Å². The molecule has 2 rings (SSSR count). The number of aliphatic hydroxyl groups excluding tert-OH is 1. The van der Waals surface area contributed by atoms with Crippen LogP contribution in [0.4, 0.5) is 0 Å². The smallest absolute Gasteiger partial charge is 0.253 e. The molecule has 0 radical (unpaired) electrons. The minimum absolute atomic E-state index is 0.0129.